The zero-order valence-electron chi connectivity index (χ0n) is 25.0. The second-order valence-corrected chi connectivity index (χ2v) is 13.5. The summed E-state index contributed by atoms with van der Waals surface area (Å²) in [6.07, 6.45) is -0.000137. The number of halogens is 1. The monoisotopic (exact) mass is 634 g/mol. The second kappa shape index (κ2) is 13.7. The largest absolute Gasteiger partial charge is 0.444 e. The molecule has 44 heavy (non-hydrogen) atoms. The molecule has 2 atom stereocenters. The Balaban J connectivity index is 1.81. The number of carbonyl (C=O) groups is 1. The molecule has 0 saturated heterocycles. The summed E-state index contributed by atoms with van der Waals surface area (Å²) in [5, 5.41) is 12.1. The van der Waals surface area contributed by atoms with Crippen LogP contribution in [-0.4, -0.2) is 36.7 Å². The number of carbonyl (C=O) groups excluding carboxylic acids is 1. The molecule has 0 heterocycles. The molecule has 230 valence electrons. The number of sulfonamides is 1. The van der Waals surface area contributed by atoms with Gasteiger partial charge in [0.1, 0.15) is 0 Å². The number of esters is 1. The van der Waals surface area contributed by atoms with Crippen LogP contribution in [0.4, 0.5) is 5.69 Å². The van der Waals surface area contributed by atoms with E-state index in [0.29, 0.717) is 28.1 Å². The van der Waals surface area contributed by atoms with E-state index in [-0.39, 0.29) is 12.3 Å². The first-order valence-corrected chi connectivity index (χ1v) is 16.0. The van der Waals surface area contributed by atoms with E-state index in [1.807, 2.05) is 81.4 Å². The van der Waals surface area contributed by atoms with Crippen LogP contribution in [0, 0.1) is 23.0 Å². The molecule has 0 aliphatic rings. The molecule has 8 nitrogen and oxygen atoms in total. The maximum Gasteiger partial charge on any atom is 0.309 e. The zero-order valence-corrected chi connectivity index (χ0v) is 26.6. The Morgan fingerprint density at radius 3 is 2.09 bits per heavy atom. The van der Waals surface area contributed by atoms with Gasteiger partial charge in [0.15, 0.2) is 10.5 Å². The first-order chi connectivity index (χ1) is 20.9. The summed E-state index contributed by atoms with van der Waals surface area (Å²) < 4.78 is 35.0. The van der Waals surface area contributed by atoms with E-state index in [4.69, 9.17) is 16.3 Å². The molecule has 0 fully saturated rings. The van der Waals surface area contributed by atoms with Gasteiger partial charge in [-0.2, -0.15) is 4.31 Å². The quantitative estimate of drug-likeness (QED) is 0.0690. The van der Waals surface area contributed by atoms with Crippen molar-refractivity contribution in [2.24, 2.45) is 5.92 Å². The van der Waals surface area contributed by atoms with Crippen molar-refractivity contribution in [3.05, 3.63) is 141 Å². The minimum absolute atomic E-state index is 0.00393. The lowest BCUT2D eigenvalue weighted by molar-refractivity contribution is -0.387. The van der Waals surface area contributed by atoms with Crippen molar-refractivity contribution in [3.63, 3.8) is 0 Å². The van der Waals surface area contributed by atoms with Crippen molar-refractivity contribution in [1.29, 1.82) is 0 Å². The van der Waals surface area contributed by atoms with Gasteiger partial charge >= 0.3 is 5.97 Å². The van der Waals surface area contributed by atoms with Crippen molar-refractivity contribution < 1.29 is 22.9 Å². The molecule has 0 amide bonds. The van der Waals surface area contributed by atoms with E-state index in [9.17, 15) is 23.3 Å². The normalized spacial score (nSPS) is 13.8. The molecular formula is C34H35ClN2O6S. The van der Waals surface area contributed by atoms with Crippen LogP contribution >= 0.6 is 11.6 Å². The molecule has 0 aliphatic carbocycles. The summed E-state index contributed by atoms with van der Waals surface area (Å²) in [6.45, 7) is 5.78. The van der Waals surface area contributed by atoms with Gasteiger partial charge < -0.3 is 4.74 Å². The topological polar surface area (TPSA) is 107 Å². The van der Waals surface area contributed by atoms with Crippen molar-refractivity contribution in [1.82, 2.24) is 4.31 Å². The number of hydrogen-bond donors (Lipinski definition) is 0. The number of aryl methyl sites for hydroxylation is 1. The molecular weight excluding hydrogens is 600 g/mol. The third kappa shape index (κ3) is 6.85. The Bertz CT molecular complexity index is 1730. The minimum atomic E-state index is -4.35. The molecule has 0 spiro atoms. The van der Waals surface area contributed by atoms with Crippen molar-refractivity contribution in [3.8, 4) is 0 Å². The standard InChI is InChI=1S/C34H35ClN2O6S/c1-24(2)22-28(36(4)44(41,42)32-17-11-10-16-31(32)37(39)40)23-33(38)43-34(26-12-6-5-7-13-26,27-20-18-25(3)19-21-27)29-14-8-9-15-30(29)35/h5-21,24,28H,22-23H2,1-4H3/t28-,34?/m1/s1. The van der Waals surface area contributed by atoms with Crippen LogP contribution in [-0.2, 0) is 25.2 Å². The predicted octanol–water partition coefficient (Wildman–Crippen LogP) is 7.52. The van der Waals surface area contributed by atoms with Crippen LogP contribution in [0.25, 0.3) is 0 Å². The van der Waals surface area contributed by atoms with Crippen LogP contribution in [0.15, 0.2) is 108 Å². The number of nitro benzene ring substituents is 1. The Labute approximate surface area is 263 Å². The number of rotatable bonds is 12. The van der Waals surface area contributed by atoms with Crippen molar-refractivity contribution in [2.75, 3.05) is 7.05 Å². The van der Waals surface area contributed by atoms with Gasteiger partial charge in [-0.25, -0.2) is 8.42 Å². The molecule has 10 heteroatoms. The lowest BCUT2D eigenvalue weighted by Crippen LogP contribution is -2.42. The molecule has 0 aromatic heterocycles. The number of hydrogen-bond acceptors (Lipinski definition) is 6. The molecule has 4 rings (SSSR count). The highest BCUT2D eigenvalue weighted by Crippen LogP contribution is 2.44. The molecule has 0 N–H and O–H groups in total. The number of benzene rings is 4. The van der Waals surface area contributed by atoms with E-state index >= 15 is 0 Å². The fourth-order valence-electron chi connectivity index (χ4n) is 5.35. The van der Waals surface area contributed by atoms with Gasteiger partial charge in [-0.15, -0.1) is 0 Å². The van der Waals surface area contributed by atoms with Crippen molar-refractivity contribution in [2.45, 2.75) is 50.2 Å². The average molecular weight is 635 g/mol. The first kappa shape index (κ1) is 32.9. The van der Waals surface area contributed by atoms with Gasteiger partial charge in [0, 0.05) is 40.9 Å². The van der Waals surface area contributed by atoms with E-state index in [0.717, 1.165) is 15.9 Å². The number of nitrogens with zero attached hydrogens (tertiary/aromatic N) is 2. The Hall–Kier alpha value is -4.05. The Morgan fingerprint density at radius 1 is 0.909 bits per heavy atom. The molecule has 4 aromatic rings. The molecule has 0 saturated carbocycles. The molecule has 4 aromatic carbocycles. The number of para-hydroxylation sites is 1. The summed E-state index contributed by atoms with van der Waals surface area (Å²) >= 11 is 6.78. The maximum absolute atomic E-state index is 14.1. The zero-order chi connectivity index (χ0) is 32.1. The summed E-state index contributed by atoms with van der Waals surface area (Å²) in [4.78, 5) is 24.6. The molecule has 0 aliphatic heterocycles. The van der Waals surface area contributed by atoms with Gasteiger partial charge in [-0.05, 0) is 31.4 Å². The molecule has 0 bridgehead atoms. The van der Waals surface area contributed by atoms with Gasteiger partial charge in [-0.1, -0.05) is 116 Å². The van der Waals surface area contributed by atoms with Gasteiger partial charge in [0.05, 0.1) is 11.3 Å². The summed E-state index contributed by atoms with van der Waals surface area (Å²) in [6, 6.07) is 28.3. The van der Waals surface area contributed by atoms with Gasteiger partial charge in [-0.3, -0.25) is 14.9 Å². The highest BCUT2D eigenvalue weighted by Gasteiger charge is 2.43. The van der Waals surface area contributed by atoms with Crippen LogP contribution in [0.2, 0.25) is 5.02 Å². The summed E-state index contributed by atoms with van der Waals surface area (Å²) in [5.41, 5.74) is 0.893. The Morgan fingerprint density at radius 2 is 1.48 bits per heavy atom. The van der Waals surface area contributed by atoms with Crippen LogP contribution in [0.3, 0.4) is 0 Å². The average Bonchev–Trinajstić information content (AvgIpc) is 3.00. The highest BCUT2D eigenvalue weighted by atomic mass is 35.5. The second-order valence-electron chi connectivity index (χ2n) is 11.1. The minimum Gasteiger partial charge on any atom is -0.444 e. The fourth-order valence-corrected chi connectivity index (χ4v) is 7.13. The molecule has 0 radical (unpaired) electrons. The third-order valence-electron chi connectivity index (χ3n) is 7.54. The Kier molecular flexibility index (Phi) is 10.2. The first-order valence-electron chi connectivity index (χ1n) is 14.2. The predicted molar refractivity (Wildman–Crippen MR) is 171 cm³/mol. The SMILES string of the molecule is Cc1ccc(C(OC(=O)C[C@@H](CC(C)C)N(C)S(=O)(=O)c2ccccc2[N+](=O)[O-])(c2ccccc2)c2ccccc2Cl)cc1. The lowest BCUT2D eigenvalue weighted by atomic mass is 9.79. The van der Waals surface area contributed by atoms with E-state index in [1.54, 1.807) is 18.2 Å². The van der Waals surface area contributed by atoms with E-state index < -0.39 is 43.1 Å². The van der Waals surface area contributed by atoms with E-state index in [2.05, 4.69) is 0 Å². The van der Waals surface area contributed by atoms with Crippen molar-refractivity contribution >= 4 is 33.3 Å². The van der Waals surface area contributed by atoms with Gasteiger partial charge in [0.25, 0.3) is 5.69 Å². The summed E-state index contributed by atoms with van der Waals surface area (Å²) in [5.74, 6) is -0.666. The van der Waals surface area contributed by atoms with Crippen LogP contribution in [0.1, 0.15) is 48.9 Å². The van der Waals surface area contributed by atoms with Crippen LogP contribution < -0.4 is 0 Å². The molecule has 1 unspecified atom stereocenters. The third-order valence-corrected chi connectivity index (χ3v) is 9.82. The van der Waals surface area contributed by atoms with Crippen LogP contribution in [0.5, 0.6) is 0 Å². The number of nitro groups is 1. The number of ether oxygens (including phenoxy) is 1. The van der Waals surface area contributed by atoms with Gasteiger partial charge in [0.2, 0.25) is 10.0 Å². The maximum atomic E-state index is 14.1. The highest BCUT2D eigenvalue weighted by molar-refractivity contribution is 7.89. The smallest absolute Gasteiger partial charge is 0.309 e. The van der Waals surface area contributed by atoms with E-state index in [1.165, 1.54) is 25.2 Å². The summed E-state index contributed by atoms with van der Waals surface area (Å²) in [7, 11) is -3.02. The fraction of sp³-hybridized carbons (Fsp3) is 0.265. The lowest BCUT2D eigenvalue weighted by Gasteiger charge is -2.37.